The lowest BCUT2D eigenvalue weighted by Crippen LogP contribution is -2.64. The predicted molar refractivity (Wildman–Crippen MR) is 89.1 cm³/mol. The van der Waals surface area contributed by atoms with Crippen LogP contribution in [0.1, 0.15) is 0 Å². The molecule has 1 aromatic rings. The quantitative estimate of drug-likeness (QED) is 0.294. The van der Waals surface area contributed by atoms with Gasteiger partial charge in [0.25, 0.3) is 0 Å². The Morgan fingerprint density at radius 3 is 2.32 bits per heavy atom. The van der Waals surface area contributed by atoms with Crippen molar-refractivity contribution in [1.29, 1.82) is 0 Å². The summed E-state index contributed by atoms with van der Waals surface area (Å²) in [6.45, 7) is 0. The van der Waals surface area contributed by atoms with Crippen molar-refractivity contribution >= 4 is 35.9 Å². The van der Waals surface area contributed by atoms with Gasteiger partial charge in [0.2, 0.25) is 0 Å². The zero-order valence-corrected chi connectivity index (χ0v) is 16.0. The topological polar surface area (TPSA) is 61.8 Å². The molecule has 154 valence electrons. The second-order valence-corrected chi connectivity index (χ2v) is 11.5. The van der Waals surface area contributed by atoms with Crippen molar-refractivity contribution < 1.29 is 47.2 Å². The zero-order valence-electron chi connectivity index (χ0n) is 13.4. The fourth-order valence-corrected chi connectivity index (χ4v) is 9.43. The highest BCUT2D eigenvalue weighted by molar-refractivity contribution is 7.96. The SMILES string of the molecule is O=S(=O)(O[Si]1(OSC(F)(F)F)c2ccccc2OC2C=CC=CC21)C(F)(F)F. The minimum atomic E-state index is -6.27. The largest absolute Gasteiger partial charge is 0.522 e. The van der Waals surface area contributed by atoms with Crippen LogP contribution in [0.3, 0.4) is 0 Å². The lowest BCUT2D eigenvalue weighted by molar-refractivity contribution is -0.0511. The van der Waals surface area contributed by atoms with Gasteiger partial charge in [0.1, 0.15) is 11.9 Å². The molecule has 0 radical (unpaired) electrons. The summed E-state index contributed by atoms with van der Waals surface area (Å²) < 4.78 is 116. The molecule has 1 aliphatic heterocycles. The van der Waals surface area contributed by atoms with E-state index in [4.69, 9.17) is 8.61 Å². The van der Waals surface area contributed by atoms with E-state index in [1.54, 1.807) is 0 Å². The fraction of sp³-hybridized carbons (Fsp3) is 0.286. The maximum Gasteiger partial charge on any atom is 0.522 e. The van der Waals surface area contributed by atoms with Crippen LogP contribution in [-0.4, -0.2) is 34.1 Å². The van der Waals surface area contributed by atoms with Crippen molar-refractivity contribution in [3.8, 4) is 5.75 Å². The number of hydrogen-bond acceptors (Lipinski definition) is 6. The van der Waals surface area contributed by atoms with Gasteiger partial charge in [-0.1, -0.05) is 36.4 Å². The van der Waals surface area contributed by atoms with Crippen LogP contribution in [0.15, 0.2) is 48.6 Å². The first-order valence-electron chi connectivity index (χ1n) is 7.42. The first-order chi connectivity index (χ1) is 12.9. The van der Waals surface area contributed by atoms with Gasteiger partial charge in [-0.15, -0.1) is 0 Å². The molecule has 0 saturated heterocycles. The molecule has 3 atom stereocenters. The van der Waals surface area contributed by atoms with E-state index in [2.05, 4.69) is 3.87 Å². The molecule has 0 bridgehead atoms. The molecule has 3 unspecified atom stereocenters. The molecule has 1 aromatic carbocycles. The van der Waals surface area contributed by atoms with Crippen LogP contribution in [-0.2, 0) is 17.9 Å². The maximum absolute atomic E-state index is 13.0. The molecule has 0 fully saturated rings. The molecular weight excluding hydrogens is 454 g/mol. The summed E-state index contributed by atoms with van der Waals surface area (Å²) in [5.41, 5.74) is -12.2. The van der Waals surface area contributed by atoms with Crippen LogP contribution in [0.4, 0.5) is 26.3 Å². The second kappa shape index (κ2) is 7.09. The number of alkyl halides is 6. The lowest BCUT2D eigenvalue weighted by Gasteiger charge is -2.42. The van der Waals surface area contributed by atoms with Gasteiger partial charge in [0.05, 0.1) is 17.6 Å². The fourth-order valence-electron chi connectivity index (χ4n) is 2.76. The summed E-state index contributed by atoms with van der Waals surface area (Å²) in [4.78, 5) is 0. The summed E-state index contributed by atoms with van der Waals surface area (Å²) in [6, 6.07) is 5.14. The van der Waals surface area contributed by atoms with E-state index in [0.717, 1.165) is 6.07 Å². The van der Waals surface area contributed by atoms with Crippen molar-refractivity contribution in [3.63, 3.8) is 0 Å². The molecule has 0 aromatic heterocycles. The zero-order chi connectivity index (χ0) is 20.8. The van der Waals surface area contributed by atoms with Crippen LogP contribution >= 0.6 is 12.0 Å². The first kappa shape index (κ1) is 21.2. The van der Waals surface area contributed by atoms with Gasteiger partial charge in [-0.3, -0.25) is 3.87 Å². The molecule has 0 amide bonds. The highest BCUT2D eigenvalue weighted by Gasteiger charge is 2.64. The van der Waals surface area contributed by atoms with Gasteiger partial charge < -0.3 is 8.61 Å². The number of hydrogen-bond donors (Lipinski definition) is 0. The smallest absolute Gasteiger partial charge is 0.486 e. The Bertz CT molecular complexity index is 914. The predicted octanol–water partition coefficient (Wildman–Crippen LogP) is 3.64. The van der Waals surface area contributed by atoms with Gasteiger partial charge in [-0.25, -0.2) is 0 Å². The standard InChI is InChI=1S/C14H10F6O5S2Si/c15-13(16,17)26-24-28(25-27(21,22)14(18,19)20)11-7-3-1-5-9(11)23-10-6-2-4-8-12(10)28/h1-9,11H. The molecule has 0 saturated carbocycles. The third-order valence-corrected chi connectivity index (χ3v) is 10.3. The minimum absolute atomic E-state index is 0.115. The second-order valence-electron chi connectivity index (χ2n) is 5.64. The Kier molecular flexibility index (Phi) is 5.37. The van der Waals surface area contributed by atoms with Crippen LogP contribution in [0, 0.1) is 0 Å². The number of para-hydroxylation sites is 1. The van der Waals surface area contributed by atoms with Crippen LogP contribution in [0.2, 0.25) is 5.54 Å². The number of rotatable bonds is 4. The van der Waals surface area contributed by atoms with Crippen molar-refractivity contribution in [2.75, 3.05) is 0 Å². The number of allylic oxidation sites excluding steroid dienone is 2. The molecule has 2 aliphatic rings. The third kappa shape index (κ3) is 3.96. The number of halogens is 6. The normalized spacial score (nSPS) is 27.1. The van der Waals surface area contributed by atoms with E-state index >= 15 is 0 Å². The maximum atomic E-state index is 13.0. The van der Waals surface area contributed by atoms with E-state index in [1.165, 1.54) is 42.5 Å². The van der Waals surface area contributed by atoms with E-state index in [1.807, 2.05) is 0 Å². The van der Waals surface area contributed by atoms with Gasteiger partial charge in [0.15, 0.2) is 0 Å². The average Bonchev–Trinajstić information content (AvgIpc) is 2.58. The molecule has 1 heterocycles. The minimum Gasteiger partial charge on any atom is -0.486 e. The van der Waals surface area contributed by atoms with Crippen molar-refractivity contribution in [3.05, 3.63) is 48.6 Å². The summed E-state index contributed by atoms with van der Waals surface area (Å²) >= 11 is -1.10. The highest BCUT2D eigenvalue weighted by atomic mass is 32.2. The number of fused-ring (bicyclic) bond motifs is 2. The molecule has 1 aliphatic carbocycles. The van der Waals surface area contributed by atoms with Crippen LogP contribution < -0.4 is 9.92 Å². The molecule has 5 nitrogen and oxygen atoms in total. The van der Waals surface area contributed by atoms with Gasteiger partial charge in [0, 0.05) is 5.19 Å². The summed E-state index contributed by atoms with van der Waals surface area (Å²) in [6.07, 6.45) is 4.32. The first-order valence-corrected chi connectivity index (χ1v) is 11.5. The summed E-state index contributed by atoms with van der Waals surface area (Å²) in [7, 11) is -11.2. The summed E-state index contributed by atoms with van der Waals surface area (Å²) in [5.74, 6) is -0.115. The molecule has 3 rings (SSSR count). The number of ether oxygens (including phenoxy) is 1. The van der Waals surface area contributed by atoms with Gasteiger partial charge in [-0.2, -0.15) is 34.8 Å². The number of benzene rings is 1. The van der Waals surface area contributed by atoms with Crippen LogP contribution in [0.25, 0.3) is 0 Å². The Morgan fingerprint density at radius 2 is 1.68 bits per heavy atom. The molecular formula is C14H10F6O5S2Si. The van der Waals surface area contributed by atoms with Crippen molar-refractivity contribution in [2.24, 2.45) is 0 Å². The third-order valence-electron chi connectivity index (χ3n) is 3.83. The van der Waals surface area contributed by atoms with E-state index in [-0.39, 0.29) is 10.9 Å². The monoisotopic (exact) mass is 464 g/mol. The Morgan fingerprint density at radius 1 is 1.04 bits per heavy atom. The van der Waals surface area contributed by atoms with E-state index in [0.29, 0.717) is 0 Å². The Hall–Kier alpha value is -1.48. The van der Waals surface area contributed by atoms with Gasteiger partial charge >= 0.3 is 29.7 Å². The van der Waals surface area contributed by atoms with Gasteiger partial charge in [-0.05, 0) is 12.1 Å². The molecule has 14 heteroatoms. The van der Waals surface area contributed by atoms with Crippen molar-refractivity contribution in [2.45, 2.75) is 22.7 Å². The van der Waals surface area contributed by atoms with Crippen molar-refractivity contribution in [1.82, 2.24) is 0 Å². The van der Waals surface area contributed by atoms with E-state index in [9.17, 15) is 34.8 Å². The highest BCUT2D eigenvalue weighted by Crippen LogP contribution is 2.46. The molecule has 0 spiro atoms. The lowest BCUT2D eigenvalue weighted by atomic mass is 10.1. The average molecular weight is 464 g/mol. The Balaban J connectivity index is 2.20. The molecule has 28 heavy (non-hydrogen) atoms. The summed E-state index contributed by atoms with van der Waals surface area (Å²) in [5, 5.41) is -0.291. The van der Waals surface area contributed by atoms with Crippen LogP contribution in [0.5, 0.6) is 5.75 Å². The molecule has 0 N–H and O–H groups in total. The Labute approximate surface area is 160 Å². The van der Waals surface area contributed by atoms with E-state index < -0.39 is 53.4 Å².